The van der Waals surface area contributed by atoms with E-state index in [2.05, 4.69) is 24.5 Å². The SMILES string of the molecule is CCC1(CC)C(NC(=O)C2(OC)CCNCC2)CC1OC. The molecule has 2 atom stereocenters. The van der Waals surface area contributed by atoms with Gasteiger partial charge in [-0.05, 0) is 45.2 Å². The van der Waals surface area contributed by atoms with E-state index >= 15 is 0 Å². The summed E-state index contributed by atoms with van der Waals surface area (Å²) in [7, 11) is 3.42. The highest BCUT2D eigenvalue weighted by Crippen LogP contribution is 2.48. The highest BCUT2D eigenvalue weighted by Gasteiger charge is 2.55. The van der Waals surface area contributed by atoms with Gasteiger partial charge in [0.15, 0.2) is 0 Å². The summed E-state index contributed by atoms with van der Waals surface area (Å²) in [5.41, 5.74) is -0.580. The summed E-state index contributed by atoms with van der Waals surface area (Å²) in [4.78, 5) is 12.8. The van der Waals surface area contributed by atoms with E-state index in [0.29, 0.717) is 0 Å². The van der Waals surface area contributed by atoms with Crippen LogP contribution in [-0.4, -0.2) is 51.0 Å². The third-order valence-corrected chi connectivity index (χ3v) is 5.91. The van der Waals surface area contributed by atoms with Gasteiger partial charge < -0.3 is 20.1 Å². The molecule has 1 heterocycles. The Hall–Kier alpha value is -0.650. The Kier molecular flexibility index (Phi) is 5.28. The molecule has 2 unspecified atom stereocenters. The predicted octanol–water partition coefficient (Wildman–Crippen LogP) is 1.46. The van der Waals surface area contributed by atoms with E-state index in [1.165, 1.54) is 0 Å². The first-order valence-electron chi connectivity index (χ1n) is 8.18. The zero-order valence-corrected chi connectivity index (χ0v) is 13.8. The van der Waals surface area contributed by atoms with Crippen LogP contribution >= 0.6 is 0 Å². The van der Waals surface area contributed by atoms with Crippen LogP contribution in [0.15, 0.2) is 0 Å². The van der Waals surface area contributed by atoms with Gasteiger partial charge in [0.25, 0.3) is 5.91 Å². The first-order valence-corrected chi connectivity index (χ1v) is 8.18. The monoisotopic (exact) mass is 298 g/mol. The number of amides is 1. The van der Waals surface area contributed by atoms with Gasteiger partial charge in [-0.3, -0.25) is 4.79 Å². The van der Waals surface area contributed by atoms with Crippen molar-refractivity contribution in [3.8, 4) is 0 Å². The Morgan fingerprint density at radius 1 is 1.24 bits per heavy atom. The Bertz CT molecular complexity index is 363. The molecule has 1 aliphatic carbocycles. The fraction of sp³-hybridized carbons (Fsp3) is 0.938. The minimum Gasteiger partial charge on any atom is -0.381 e. The lowest BCUT2D eigenvalue weighted by Crippen LogP contribution is -2.67. The summed E-state index contributed by atoms with van der Waals surface area (Å²) in [6.07, 6.45) is 4.68. The second-order valence-electron chi connectivity index (χ2n) is 6.37. The van der Waals surface area contributed by atoms with Crippen molar-refractivity contribution in [2.24, 2.45) is 5.41 Å². The molecule has 21 heavy (non-hydrogen) atoms. The van der Waals surface area contributed by atoms with Crippen LogP contribution in [0.4, 0.5) is 0 Å². The lowest BCUT2D eigenvalue weighted by Gasteiger charge is -2.55. The molecular weight excluding hydrogens is 268 g/mol. The summed E-state index contributed by atoms with van der Waals surface area (Å²) in [5, 5.41) is 6.55. The molecule has 2 aliphatic rings. The minimum absolute atomic E-state index is 0.0531. The van der Waals surface area contributed by atoms with E-state index in [0.717, 1.165) is 45.2 Å². The van der Waals surface area contributed by atoms with Crippen LogP contribution in [0, 0.1) is 5.41 Å². The molecule has 1 aliphatic heterocycles. The van der Waals surface area contributed by atoms with E-state index in [1.807, 2.05) is 0 Å². The fourth-order valence-electron chi connectivity index (χ4n) is 4.12. The second kappa shape index (κ2) is 6.63. The molecule has 1 amide bonds. The molecule has 0 aromatic heterocycles. The van der Waals surface area contributed by atoms with E-state index in [4.69, 9.17) is 9.47 Å². The number of hydrogen-bond acceptors (Lipinski definition) is 4. The van der Waals surface area contributed by atoms with Crippen LogP contribution < -0.4 is 10.6 Å². The first-order chi connectivity index (χ1) is 10.1. The summed E-state index contributed by atoms with van der Waals surface area (Å²) < 4.78 is 11.2. The number of ether oxygens (including phenoxy) is 2. The van der Waals surface area contributed by atoms with Gasteiger partial charge in [-0.15, -0.1) is 0 Å². The Morgan fingerprint density at radius 3 is 2.33 bits per heavy atom. The number of methoxy groups -OCH3 is 2. The van der Waals surface area contributed by atoms with Crippen molar-refractivity contribution in [2.45, 2.75) is 63.7 Å². The zero-order chi connectivity index (χ0) is 15.5. The van der Waals surface area contributed by atoms with Gasteiger partial charge in [-0.25, -0.2) is 0 Å². The van der Waals surface area contributed by atoms with E-state index in [-0.39, 0.29) is 23.5 Å². The van der Waals surface area contributed by atoms with Crippen LogP contribution in [0.2, 0.25) is 0 Å². The molecule has 5 nitrogen and oxygen atoms in total. The third-order valence-electron chi connectivity index (χ3n) is 5.91. The number of piperidine rings is 1. The van der Waals surface area contributed by atoms with Crippen LogP contribution in [0.1, 0.15) is 46.0 Å². The summed E-state index contributed by atoms with van der Waals surface area (Å²) in [5.74, 6) is 0.0531. The van der Waals surface area contributed by atoms with Gasteiger partial charge in [0.2, 0.25) is 0 Å². The molecule has 0 aromatic rings. The molecule has 5 heteroatoms. The summed E-state index contributed by atoms with van der Waals surface area (Å²) in [6.45, 7) is 6.04. The second-order valence-corrected chi connectivity index (χ2v) is 6.37. The molecular formula is C16H30N2O3. The van der Waals surface area contributed by atoms with Crippen molar-refractivity contribution < 1.29 is 14.3 Å². The smallest absolute Gasteiger partial charge is 0.252 e. The molecule has 1 saturated carbocycles. The van der Waals surface area contributed by atoms with Crippen molar-refractivity contribution in [3.63, 3.8) is 0 Å². The quantitative estimate of drug-likeness (QED) is 0.779. The van der Waals surface area contributed by atoms with Crippen molar-refractivity contribution in [2.75, 3.05) is 27.3 Å². The molecule has 0 radical (unpaired) electrons. The number of nitrogens with one attached hydrogen (secondary N) is 2. The lowest BCUT2D eigenvalue weighted by atomic mass is 9.58. The highest BCUT2D eigenvalue weighted by atomic mass is 16.5. The summed E-state index contributed by atoms with van der Waals surface area (Å²) >= 11 is 0. The van der Waals surface area contributed by atoms with Crippen LogP contribution in [0.25, 0.3) is 0 Å². The third kappa shape index (κ3) is 2.71. The number of carbonyl (C=O) groups excluding carboxylic acids is 1. The average Bonchev–Trinajstić information content (AvgIpc) is 2.52. The molecule has 0 spiro atoms. The standard InChI is InChI=1S/C16H30N2O3/c1-5-15(6-2)12(11-13(15)20-3)18-14(19)16(21-4)7-9-17-10-8-16/h12-13,17H,5-11H2,1-4H3,(H,18,19). The van der Waals surface area contributed by atoms with Gasteiger partial charge in [0.1, 0.15) is 5.60 Å². The Morgan fingerprint density at radius 2 is 1.86 bits per heavy atom. The Balaban J connectivity index is 2.05. The van der Waals surface area contributed by atoms with E-state index < -0.39 is 5.60 Å². The van der Waals surface area contributed by atoms with E-state index in [9.17, 15) is 4.79 Å². The zero-order valence-electron chi connectivity index (χ0n) is 13.8. The first kappa shape index (κ1) is 16.7. The Labute approximate surface area is 128 Å². The van der Waals surface area contributed by atoms with Gasteiger partial charge in [-0.2, -0.15) is 0 Å². The molecule has 2 rings (SSSR count). The van der Waals surface area contributed by atoms with Crippen molar-refractivity contribution in [1.82, 2.24) is 10.6 Å². The molecule has 122 valence electrons. The maximum atomic E-state index is 12.8. The predicted molar refractivity (Wildman–Crippen MR) is 82.2 cm³/mol. The maximum absolute atomic E-state index is 12.8. The van der Waals surface area contributed by atoms with Crippen LogP contribution in [0.5, 0.6) is 0 Å². The molecule has 2 N–H and O–H groups in total. The molecule has 0 bridgehead atoms. The average molecular weight is 298 g/mol. The molecule has 0 aromatic carbocycles. The minimum atomic E-state index is -0.656. The number of rotatable bonds is 6. The number of carbonyl (C=O) groups is 1. The summed E-state index contributed by atoms with van der Waals surface area (Å²) in [6, 6.07) is 0.201. The topological polar surface area (TPSA) is 59.6 Å². The molecule has 2 fully saturated rings. The highest BCUT2D eigenvalue weighted by molar-refractivity contribution is 5.85. The van der Waals surface area contributed by atoms with Crippen LogP contribution in [-0.2, 0) is 14.3 Å². The van der Waals surface area contributed by atoms with E-state index in [1.54, 1.807) is 14.2 Å². The van der Waals surface area contributed by atoms with Crippen molar-refractivity contribution in [3.05, 3.63) is 0 Å². The van der Waals surface area contributed by atoms with Crippen molar-refractivity contribution in [1.29, 1.82) is 0 Å². The largest absolute Gasteiger partial charge is 0.381 e. The van der Waals surface area contributed by atoms with Gasteiger partial charge in [0, 0.05) is 25.7 Å². The normalized spacial score (nSPS) is 30.5. The lowest BCUT2D eigenvalue weighted by molar-refractivity contribution is -0.160. The molecule has 1 saturated heterocycles. The van der Waals surface area contributed by atoms with Crippen molar-refractivity contribution >= 4 is 5.91 Å². The number of hydrogen-bond donors (Lipinski definition) is 2. The van der Waals surface area contributed by atoms with Gasteiger partial charge >= 0.3 is 0 Å². The van der Waals surface area contributed by atoms with Gasteiger partial charge in [0.05, 0.1) is 6.10 Å². The maximum Gasteiger partial charge on any atom is 0.252 e. The van der Waals surface area contributed by atoms with Crippen LogP contribution in [0.3, 0.4) is 0 Å². The van der Waals surface area contributed by atoms with Gasteiger partial charge in [-0.1, -0.05) is 13.8 Å². The fourth-order valence-corrected chi connectivity index (χ4v) is 4.12.